The van der Waals surface area contributed by atoms with Crippen molar-refractivity contribution < 1.29 is 0 Å². The van der Waals surface area contributed by atoms with Gasteiger partial charge in [-0.25, -0.2) is 9.97 Å². The van der Waals surface area contributed by atoms with E-state index in [2.05, 4.69) is 19.2 Å². The van der Waals surface area contributed by atoms with Gasteiger partial charge in [-0.2, -0.15) is 0 Å². The SMILES string of the molecule is Cn1cc(P)c2c(N)ncnc21. The van der Waals surface area contributed by atoms with Gasteiger partial charge in [-0.1, -0.05) is 0 Å². The van der Waals surface area contributed by atoms with Gasteiger partial charge < -0.3 is 10.3 Å². The van der Waals surface area contributed by atoms with Crippen molar-refractivity contribution in [3.05, 3.63) is 12.5 Å². The quantitative estimate of drug-likeness (QED) is 0.583. The predicted octanol–water partition coefficient (Wildman–Crippen LogP) is 0.0509. The summed E-state index contributed by atoms with van der Waals surface area (Å²) in [7, 11) is 4.55. The van der Waals surface area contributed by atoms with Crippen molar-refractivity contribution in [2.75, 3.05) is 5.73 Å². The molecule has 0 aromatic carbocycles. The first-order chi connectivity index (χ1) is 5.70. The Morgan fingerprint density at radius 2 is 2.25 bits per heavy atom. The smallest absolute Gasteiger partial charge is 0.145 e. The van der Waals surface area contributed by atoms with Gasteiger partial charge >= 0.3 is 0 Å². The summed E-state index contributed by atoms with van der Waals surface area (Å²) in [4.78, 5) is 8.04. The lowest BCUT2D eigenvalue weighted by Gasteiger charge is -1.95. The molecule has 0 bridgehead atoms. The summed E-state index contributed by atoms with van der Waals surface area (Å²) in [6, 6.07) is 0. The molecule has 2 rings (SSSR count). The van der Waals surface area contributed by atoms with Crippen LogP contribution in [0.3, 0.4) is 0 Å². The molecule has 1 unspecified atom stereocenters. The van der Waals surface area contributed by atoms with Crippen LogP contribution in [0.1, 0.15) is 0 Å². The minimum Gasteiger partial charge on any atom is -0.383 e. The molecule has 0 spiro atoms. The van der Waals surface area contributed by atoms with Crippen molar-refractivity contribution >= 4 is 31.4 Å². The summed E-state index contributed by atoms with van der Waals surface area (Å²) in [6.07, 6.45) is 3.43. The lowest BCUT2D eigenvalue weighted by atomic mass is 10.4. The minimum absolute atomic E-state index is 0.533. The number of fused-ring (bicyclic) bond motifs is 1. The maximum absolute atomic E-state index is 5.69. The van der Waals surface area contributed by atoms with E-state index in [4.69, 9.17) is 5.73 Å². The Morgan fingerprint density at radius 3 is 2.92 bits per heavy atom. The molecule has 0 saturated carbocycles. The highest BCUT2D eigenvalue weighted by molar-refractivity contribution is 7.28. The molecule has 0 aliphatic rings. The third-order valence-electron chi connectivity index (χ3n) is 1.81. The third kappa shape index (κ3) is 0.883. The van der Waals surface area contributed by atoms with E-state index in [1.807, 2.05) is 17.8 Å². The van der Waals surface area contributed by atoms with Gasteiger partial charge in [-0.3, -0.25) is 0 Å². The Bertz CT molecular complexity index is 434. The van der Waals surface area contributed by atoms with Crippen molar-refractivity contribution in [2.24, 2.45) is 7.05 Å². The van der Waals surface area contributed by atoms with Crippen molar-refractivity contribution in [1.29, 1.82) is 0 Å². The number of nitrogens with zero attached hydrogens (tertiary/aromatic N) is 3. The molecule has 0 fully saturated rings. The summed E-state index contributed by atoms with van der Waals surface area (Å²) >= 11 is 0. The zero-order valence-electron chi connectivity index (χ0n) is 6.65. The van der Waals surface area contributed by atoms with Crippen molar-refractivity contribution in [1.82, 2.24) is 14.5 Å². The first-order valence-corrected chi connectivity index (χ1v) is 4.09. The van der Waals surface area contributed by atoms with Crippen LogP contribution in [-0.4, -0.2) is 14.5 Å². The highest BCUT2D eigenvalue weighted by Crippen LogP contribution is 2.16. The largest absolute Gasteiger partial charge is 0.383 e. The molecule has 1 atom stereocenters. The molecule has 4 nitrogen and oxygen atoms in total. The van der Waals surface area contributed by atoms with E-state index < -0.39 is 0 Å². The lowest BCUT2D eigenvalue weighted by Crippen LogP contribution is -1.96. The van der Waals surface area contributed by atoms with E-state index in [0.717, 1.165) is 16.3 Å². The molecule has 0 amide bonds. The normalized spacial score (nSPS) is 10.8. The average Bonchev–Trinajstić information content (AvgIpc) is 2.29. The molecule has 0 radical (unpaired) electrons. The fraction of sp³-hybridized carbons (Fsp3) is 0.143. The molecule has 0 aliphatic carbocycles. The second kappa shape index (κ2) is 2.42. The number of aryl methyl sites for hydroxylation is 1. The monoisotopic (exact) mass is 180 g/mol. The number of nitrogen functional groups attached to an aromatic ring is 1. The van der Waals surface area contributed by atoms with Crippen LogP contribution in [0.4, 0.5) is 5.82 Å². The van der Waals surface area contributed by atoms with Crippen LogP contribution in [0.5, 0.6) is 0 Å². The van der Waals surface area contributed by atoms with Crippen molar-refractivity contribution in [3.63, 3.8) is 0 Å². The van der Waals surface area contributed by atoms with E-state index in [9.17, 15) is 0 Å². The summed E-state index contributed by atoms with van der Waals surface area (Å²) in [5, 5.41) is 1.95. The Hall–Kier alpha value is -1.15. The van der Waals surface area contributed by atoms with Crippen LogP contribution in [0.15, 0.2) is 12.5 Å². The molecular formula is C7H9N4P. The van der Waals surface area contributed by atoms with Gasteiger partial charge in [0.15, 0.2) is 0 Å². The van der Waals surface area contributed by atoms with Crippen LogP contribution >= 0.6 is 9.24 Å². The molecule has 12 heavy (non-hydrogen) atoms. The Kier molecular flexibility index (Phi) is 1.51. The summed E-state index contributed by atoms with van der Waals surface area (Å²) in [5.74, 6) is 0.533. The summed E-state index contributed by atoms with van der Waals surface area (Å²) < 4.78 is 1.93. The lowest BCUT2D eigenvalue weighted by molar-refractivity contribution is 0.946. The molecule has 2 heterocycles. The second-order valence-corrected chi connectivity index (χ2v) is 3.27. The van der Waals surface area contributed by atoms with Crippen LogP contribution in [0.2, 0.25) is 0 Å². The molecule has 5 heteroatoms. The van der Waals surface area contributed by atoms with Crippen LogP contribution < -0.4 is 11.0 Å². The molecule has 0 saturated heterocycles. The number of hydrogen-bond acceptors (Lipinski definition) is 3. The molecule has 0 aliphatic heterocycles. The second-order valence-electron chi connectivity index (χ2n) is 2.65. The first-order valence-electron chi connectivity index (χ1n) is 3.51. The zero-order chi connectivity index (χ0) is 8.72. The zero-order valence-corrected chi connectivity index (χ0v) is 7.81. The number of hydrogen-bond donors (Lipinski definition) is 1. The minimum atomic E-state index is 0.533. The van der Waals surface area contributed by atoms with Gasteiger partial charge in [0.1, 0.15) is 17.8 Å². The maximum atomic E-state index is 5.69. The van der Waals surface area contributed by atoms with E-state index in [0.29, 0.717) is 5.82 Å². The molecular weight excluding hydrogens is 171 g/mol. The number of anilines is 1. The summed E-state index contributed by atoms with van der Waals surface area (Å²) in [6.45, 7) is 0. The topological polar surface area (TPSA) is 56.7 Å². The Labute approximate surface area is 72.0 Å². The van der Waals surface area contributed by atoms with E-state index in [1.54, 1.807) is 0 Å². The van der Waals surface area contributed by atoms with Gasteiger partial charge in [0.25, 0.3) is 0 Å². The Balaban J connectivity index is 2.99. The number of nitrogens with two attached hydrogens (primary N) is 1. The van der Waals surface area contributed by atoms with Crippen LogP contribution in [0.25, 0.3) is 11.0 Å². The third-order valence-corrected chi connectivity index (χ3v) is 2.25. The Morgan fingerprint density at radius 1 is 1.50 bits per heavy atom. The summed E-state index contributed by atoms with van der Waals surface area (Å²) in [5.41, 5.74) is 6.56. The maximum Gasteiger partial charge on any atom is 0.145 e. The van der Waals surface area contributed by atoms with Gasteiger partial charge in [-0.05, 0) is 0 Å². The number of aromatic nitrogens is 3. The fourth-order valence-electron chi connectivity index (χ4n) is 1.27. The van der Waals surface area contributed by atoms with Crippen LogP contribution in [-0.2, 0) is 7.05 Å². The predicted molar refractivity (Wildman–Crippen MR) is 52.3 cm³/mol. The van der Waals surface area contributed by atoms with Crippen molar-refractivity contribution in [2.45, 2.75) is 0 Å². The standard InChI is InChI=1S/C7H9N4P/c1-11-2-4(12)5-6(8)9-3-10-7(5)11/h2-3H,12H2,1H3,(H2,8,9,10). The van der Waals surface area contributed by atoms with E-state index in [-0.39, 0.29) is 0 Å². The fourth-order valence-corrected chi connectivity index (χ4v) is 1.77. The van der Waals surface area contributed by atoms with E-state index >= 15 is 0 Å². The molecule has 2 N–H and O–H groups in total. The highest BCUT2D eigenvalue weighted by atomic mass is 31.0. The molecule has 62 valence electrons. The van der Waals surface area contributed by atoms with Crippen molar-refractivity contribution in [3.8, 4) is 0 Å². The van der Waals surface area contributed by atoms with Gasteiger partial charge in [0.05, 0.1) is 5.39 Å². The number of rotatable bonds is 0. The van der Waals surface area contributed by atoms with E-state index in [1.165, 1.54) is 6.33 Å². The van der Waals surface area contributed by atoms with Gasteiger partial charge in [-0.15, -0.1) is 9.24 Å². The van der Waals surface area contributed by atoms with Crippen LogP contribution in [0, 0.1) is 0 Å². The van der Waals surface area contributed by atoms with Gasteiger partial charge in [0.2, 0.25) is 0 Å². The molecule has 2 aromatic heterocycles. The average molecular weight is 180 g/mol. The highest BCUT2D eigenvalue weighted by Gasteiger charge is 2.07. The van der Waals surface area contributed by atoms with Gasteiger partial charge in [0, 0.05) is 18.5 Å². The first kappa shape index (κ1) is 7.50. The molecule has 2 aromatic rings.